The van der Waals surface area contributed by atoms with Crippen LogP contribution in [-0.2, 0) is 32.6 Å². The van der Waals surface area contributed by atoms with Gasteiger partial charge in [0.05, 0.1) is 17.7 Å². The first-order valence-electron chi connectivity index (χ1n) is 14.5. The minimum atomic E-state index is -4.21. The van der Waals surface area contributed by atoms with Gasteiger partial charge in [-0.05, 0) is 74.4 Å². The Morgan fingerprint density at radius 1 is 0.844 bits per heavy atom. The highest BCUT2D eigenvalue weighted by atomic mass is 35.5. The Morgan fingerprint density at radius 2 is 1.47 bits per heavy atom. The summed E-state index contributed by atoms with van der Waals surface area (Å²) in [5.41, 5.74) is 1.20. The van der Waals surface area contributed by atoms with E-state index in [-0.39, 0.29) is 29.5 Å². The van der Waals surface area contributed by atoms with Crippen LogP contribution < -0.4 is 14.4 Å². The molecule has 1 N–H and O–H groups in total. The van der Waals surface area contributed by atoms with E-state index in [1.165, 1.54) is 23.1 Å². The summed E-state index contributed by atoms with van der Waals surface area (Å²) >= 11 is 6.28. The summed E-state index contributed by atoms with van der Waals surface area (Å²) in [6.45, 7) is 5.06. The van der Waals surface area contributed by atoms with Crippen molar-refractivity contribution in [1.82, 2.24) is 10.2 Å². The lowest BCUT2D eigenvalue weighted by Crippen LogP contribution is -2.56. The third-order valence-electron chi connectivity index (χ3n) is 6.96. The van der Waals surface area contributed by atoms with Crippen LogP contribution in [0.3, 0.4) is 0 Å². The molecule has 0 heterocycles. The third-order valence-corrected chi connectivity index (χ3v) is 8.99. The molecule has 45 heavy (non-hydrogen) atoms. The van der Waals surface area contributed by atoms with Crippen LogP contribution in [0.25, 0.3) is 0 Å². The number of rotatable bonds is 12. The van der Waals surface area contributed by atoms with Crippen LogP contribution in [0.2, 0.25) is 5.02 Å². The van der Waals surface area contributed by atoms with Crippen LogP contribution >= 0.6 is 11.6 Å². The molecule has 0 radical (unpaired) electrons. The van der Waals surface area contributed by atoms with Crippen molar-refractivity contribution < 1.29 is 22.7 Å². The number of carbonyl (C=O) groups is 2. The number of anilines is 1. The molecule has 4 aromatic rings. The SMILES string of the molecule is COc1cccc(CN(C(=O)CN(c2cccc(Cl)c2)S(=O)(=O)c2ccccc2)[C@H](Cc2ccccc2)C(=O)NC(C)(C)C)c1. The molecule has 2 amide bonds. The Balaban J connectivity index is 1.82. The molecule has 0 aliphatic rings. The topological polar surface area (TPSA) is 96.0 Å². The fourth-order valence-corrected chi connectivity index (χ4v) is 6.47. The molecule has 0 saturated heterocycles. The molecule has 0 aromatic heterocycles. The van der Waals surface area contributed by atoms with Crippen LogP contribution in [-0.4, -0.2) is 50.4 Å². The fourth-order valence-electron chi connectivity index (χ4n) is 4.85. The smallest absolute Gasteiger partial charge is 0.264 e. The van der Waals surface area contributed by atoms with Gasteiger partial charge in [0.15, 0.2) is 0 Å². The van der Waals surface area contributed by atoms with Crippen molar-refractivity contribution >= 4 is 39.1 Å². The van der Waals surface area contributed by atoms with Gasteiger partial charge in [0, 0.05) is 23.5 Å². The van der Waals surface area contributed by atoms with Gasteiger partial charge in [-0.25, -0.2) is 8.42 Å². The Bertz CT molecular complexity index is 1710. The van der Waals surface area contributed by atoms with Crippen molar-refractivity contribution in [1.29, 1.82) is 0 Å². The maximum absolute atomic E-state index is 14.5. The molecule has 4 rings (SSSR count). The average molecular weight is 648 g/mol. The summed E-state index contributed by atoms with van der Waals surface area (Å²) in [7, 11) is -2.66. The van der Waals surface area contributed by atoms with Gasteiger partial charge in [-0.2, -0.15) is 0 Å². The number of methoxy groups -OCH3 is 1. The van der Waals surface area contributed by atoms with Crippen LogP contribution in [0.4, 0.5) is 5.69 Å². The number of nitrogens with one attached hydrogen (secondary N) is 1. The maximum atomic E-state index is 14.5. The van der Waals surface area contributed by atoms with E-state index < -0.39 is 34.1 Å². The van der Waals surface area contributed by atoms with E-state index in [0.717, 1.165) is 9.87 Å². The number of benzene rings is 4. The summed E-state index contributed by atoms with van der Waals surface area (Å²) in [6.07, 6.45) is 0.209. The molecule has 4 aromatic carbocycles. The number of amides is 2. The van der Waals surface area contributed by atoms with E-state index in [1.54, 1.807) is 61.7 Å². The second-order valence-electron chi connectivity index (χ2n) is 11.6. The Morgan fingerprint density at radius 3 is 2.09 bits per heavy atom. The van der Waals surface area contributed by atoms with Gasteiger partial charge >= 0.3 is 0 Å². The molecule has 0 saturated carbocycles. The fraction of sp³-hybridized carbons (Fsp3) is 0.257. The summed E-state index contributed by atoms with van der Waals surface area (Å²) in [6, 6.07) is 29.9. The molecular formula is C35H38ClN3O5S. The molecule has 0 fully saturated rings. The number of nitrogens with zero attached hydrogens (tertiary/aromatic N) is 2. The number of sulfonamides is 1. The zero-order valence-corrected chi connectivity index (χ0v) is 27.4. The summed E-state index contributed by atoms with van der Waals surface area (Å²) in [5.74, 6) is -0.337. The molecule has 10 heteroatoms. The highest BCUT2D eigenvalue weighted by molar-refractivity contribution is 7.92. The first-order chi connectivity index (χ1) is 21.4. The van der Waals surface area contributed by atoms with Gasteiger partial charge in [0.2, 0.25) is 11.8 Å². The first-order valence-corrected chi connectivity index (χ1v) is 16.3. The predicted octanol–water partition coefficient (Wildman–Crippen LogP) is 6.10. The van der Waals surface area contributed by atoms with Gasteiger partial charge in [-0.15, -0.1) is 0 Å². The number of carbonyl (C=O) groups excluding carboxylic acids is 2. The molecule has 0 aliphatic carbocycles. The molecule has 236 valence electrons. The van der Waals surface area contributed by atoms with E-state index in [9.17, 15) is 18.0 Å². The summed E-state index contributed by atoms with van der Waals surface area (Å²) in [4.78, 5) is 30.0. The largest absolute Gasteiger partial charge is 0.497 e. The molecular weight excluding hydrogens is 610 g/mol. The summed E-state index contributed by atoms with van der Waals surface area (Å²) < 4.78 is 34.5. The van der Waals surface area contributed by atoms with Crippen molar-refractivity contribution in [3.63, 3.8) is 0 Å². The monoisotopic (exact) mass is 647 g/mol. The van der Waals surface area contributed by atoms with Crippen molar-refractivity contribution in [3.8, 4) is 5.75 Å². The van der Waals surface area contributed by atoms with Crippen LogP contribution in [0.15, 0.2) is 114 Å². The van der Waals surface area contributed by atoms with E-state index in [4.69, 9.17) is 16.3 Å². The quantitative estimate of drug-likeness (QED) is 0.201. The molecule has 0 spiro atoms. The van der Waals surface area contributed by atoms with Gasteiger partial charge in [-0.3, -0.25) is 13.9 Å². The maximum Gasteiger partial charge on any atom is 0.264 e. The van der Waals surface area contributed by atoms with Crippen molar-refractivity contribution in [3.05, 3.63) is 125 Å². The minimum absolute atomic E-state index is 0.0171. The highest BCUT2D eigenvalue weighted by Gasteiger charge is 2.35. The predicted molar refractivity (Wildman–Crippen MR) is 178 cm³/mol. The van der Waals surface area contributed by atoms with E-state index in [1.807, 2.05) is 57.2 Å². The second-order valence-corrected chi connectivity index (χ2v) is 13.9. The number of halogens is 1. The lowest BCUT2D eigenvalue weighted by Gasteiger charge is -2.35. The van der Waals surface area contributed by atoms with Crippen LogP contribution in [0.5, 0.6) is 5.75 Å². The van der Waals surface area contributed by atoms with E-state index in [0.29, 0.717) is 16.3 Å². The second kappa shape index (κ2) is 14.6. The zero-order chi connectivity index (χ0) is 32.6. The van der Waals surface area contributed by atoms with Gasteiger partial charge < -0.3 is 15.0 Å². The normalized spacial score (nSPS) is 12.2. The van der Waals surface area contributed by atoms with E-state index in [2.05, 4.69) is 5.32 Å². The summed E-state index contributed by atoms with van der Waals surface area (Å²) in [5, 5.41) is 3.34. The molecule has 0 aliphatic heterocycles. The Kier molecular flexibility index (Phi) is 10.9. The number of hydrogen-bond donors (Lipinski definition) is 1. The minimum Gasteiger partial charge on any atom is -0.497 e. The molecule has 8 nitrogen and oxygen atoms in total. The molecule has 0 bridgehead atoms. The third kappa shape index (κ3) is 9.09. The number of ether oxygens (including phenoxy) is 1. The first kappa shape index (κ1) is 33.6. The van der Waals surface area contributed by atoms with Crippen LogP contribution in [0.1, 0.15) is 31.9 Å². The van der Waals surface area contributed by atoms with Gasteiger partial charge in [0.25, 0.3) is 10.0 Å². The average Bonchev–Trinajstić information content (AvgIpc) is 3.01. The Hall–Kier alpha value is -4.34. The van der Waals surface area contributed by atoms with Crippen molar-refractivity contribution in [2.24, 2.45) is 0 Å². The lowest BCUT2D eigenvalue weighted by molar-refractivity contribution is -0.140. The van der Waals surface area contributed by atoms with Crippen LogP contribution in [0, 0.1) is 0 Å². The van der Waals surface area contributed by atoms with E-state index >= 15 is 0 Å². The molecule has 1 atom stereocenters. The number of hydrogen-bond acceptors (Lipinski definition) is 5. The Labute approximate surface area is 270 Å². The standard InChI is InChI=1S/C35H38ClN3O5S/c1-35(2,3)37-34(41)32(22-26-13-7-5-8-14-26)38(24-27-15-11-18-30(21-27)44-4)33(40)25-39(29-17-12-16-28(36)23-29)45(42,43)31-19-9-6-10-20-31/h5-21,23,32H,22,24-25H2,1-4H3,(H,37,41)/t32-/m1/s1. The zero-order valence-electron chi connectivity index (χ0n) is 25.8. The lowest BCUT2D eigenvalue weighted by atomic mass is 10.0. The van der Waals surface area contributed by atoms with Crippen molar-refractivity contribution in [2.45, 2.75) is 50.2 Å². The molecule has 0 unspecified atom stereocenters. The van der Waals surface area contributed by atoms with Gasteiger partial charge in [-0.1, -0.05) is 78.3 Å². The highest BCUT2D eigenvalue weighted by Crippen LogP contribution is 2.27. The van der Waals surface area contributed by atoms with Crippen molar-refractivity contribution in [2.75, 3.05) is 18.0 Å². The van der Waals surface area contributed by atoms with Gasteiger partial charge in [0.1, 0.15) is 18.3 Å².